The predicted molar refractivity (Wildman–Crippen MR) is 457 cm³/mol. The Labute approximate surface area is 714 Å². The monoisotopic (exact) mass is 1780 g/mol. The topological polar surface area (TPSA) is 305 Å². The molecular weight excluding hydrogens is 1670 g/mol. The summed E-state index contributed by atoms with van der Waals surface area (Å²) in [5, 5.41) is 9.03. The summed E-state index contributed by atoms with van der Waals surface area (Å²) in [6, 6.07) is 31.2. The number of rotatable bonds is 52. The molecule has 116 heavy (non-hydrogen) atoms. The number of hydrogen-bond donors (Lipinski definition) is 6. The number of sulfonamides is 3. The van der Waals surface area contributed by atoms with Gasteiger partial charge in [-0.2, -0.15) is 0 Å². The Morgan fingerprint density at radius 2 is 0.690 bits per heavy atom. The highest BCUT2D eigenvalue weighted by Crippen LogP contribution is 2.43. The summed E-state index contributed by atoms with van der Waals surface area (Å²) < 4.78 is 122. The smallest absolute Gasteiger partial charge is 0.314 e. The number of carbonyl (C=O) groups is 3. The van der Waals surface area contributed by atoms with Crippen LogP contribution < -0.4 is 30.5 Å². The number of Topliss-reactive ketones (excluding diaryl/α,β-unsaturated/α-hetero) is 2. The molecule has 6 aromatic rings. The molecule has 0 saturated carbocycles. The van der Waals surface area contributed by atoms with Gasteiger partial charge in [-0.3, -0.25) is 9.59 Å². The number of halogens is 6. The average molecular weight is 1780 g/mol. The van der Waals surface area contributed by atoms with E-state index in [9.17, 15) is 39.6 Å². The number of nitrogens with two attached hydrogens (primary N) is 1. The number of fused-ring (bicyclic) bond motifs is 3. The maximum Gasteiger partial charge on any atom is 0.314 e. The molecule has 3 aliphatic rings. The lowest BCUT2D eigenvalue weighted by atomic mass is 9.83. The lowest BCUT2D eigenvalue weighted by molar-refractivity contribution is -0.120. The average Bonchev–Trinajstić information content (AvgIpc) is 0.781. The highest BCUT2D eigenvalue weighted by molar-refractivity contribution is 7.90. The largest absolute Gasteiger partial charge is 0.379 e. The maximum atomic E-state index is 13.4. The van der Waals surface area contributed by atoms with Crippen molar-refractivity contribution in [3.63, 3.8) is 0 Å². The minimum Gasteiger partial charge on any atom is -0.379 e. The molecule has 7 N–H and O–H groups in total. The molecule has 3 aliphatic heterocycles. The van der Waals surface area contributed by atoms with Crippen LogP contribution in [0.2, 0.25) is 30.1 Å². The van der Waals surface area contributed by atoms with Crippen LogP contribution in [0.4, 0.5) is 4.79 Å². The minimum atomic E-state index is -3.85. The molecule has 0 spiro atoms. The zero-order valence-corrected chi connectivity index (χ0v) is 73.3. The molecule has 0 aliphatic carbocycles. The van der Waals surface area contributed by atoms with E-state index in [1.807, 2.05) is 57.5 Å². The second-order valence-corrected chi connectivity index (χ2v) is 37.9. The van der Waals surface area contributed by atoms with Crippen molar-refractivity contribution in [1.29, 1.82) is 0 Å². The molecule has 9 rings (SSSR count). The van der Waals surface area contributed by atoms with E-state index >= 15 is 0 Å². The van der Waals surface area contributed by atoms with Crippen LogP contribution in [0, 0.1) is 0 Å². The third-order valence-electron chi connectivity index (χ3n) is 20.8. The maximum absolute atomic E-state index is 13.4. The van der Waals surface area contributed by atoms with Gasteiger partial charge in [-0.1, -0.05) is 119 Å². The van der Waals surface area contributed by atoms with E-state index in [4.69, 9.17) is 104 Å². The van der Waals surface area contributed by atoms with Crippen LogP contribution in [-0.2, 0) is 87.7 Å². The van der Waals surface area contributed by atoms with Crippen LogP contribution in [0.1, 0.15) is 158 Å². The molecule has 6 aromatic carbocycles. The number of urea groups is 1. The summed E-state index contributed by atoms with van der Waals surface area (Å²) in [5.41, 5.74) is 14.9. The molecular formula is C83H111Cl6N9O15S3. The predicted octanol–water partition coefficient (Wildman–Crippen LogP) is 13.3. The molecule has 0 radical (unpaired) electrons. The first-order valence-corrected chi connectivity index (χ1v) is 46.4. The van der Waals surface area contributed by atoms with Gasteiger partial charge in [0, 0.05) is 164 Å². The van der Waals surface area contributed by atoms with Gasteiger partial charge >= 0.3 is 6.03 Å². The third kappa shape index (κ3) is 30.3. The summed E-state index contributed by atoms with van der Waals surface area (Å²) in [4.78, 5) is 45.7. The van der Waals surface area contributed by atoms with E-state index in [1.54, 1.807) is 72.8 Å². The van der Waals surface area contributed by atoms with Gasteiger partial charge in [0.15, 0.2) is 0 Å². The van der Waals surface area contributed by atoms with Gasteiger partial charge in [-0.15, -0.1) is 0 Å². The van der Waals surface area contributed by atoms with Crippen molar-refractivity contribution < 1.29 is 68.1 Å². The van der Waals surface area contributed by atoms with Crippen LogP contribution in [0.25, 0.3) is 0 Å². The summed E-state index contributed by atoms with van der Waals surface area (Å²) in [5.74, 6) is -0.108. The van der Waals surface area contributed by atoms with E-state index in [2.05, 4.69) is 39.5 Å². The first-order chi connectivity index (χ1) is 55.6. The van der Waals surface area contributed by atoms with Crippen molar-refractivity contribution in [2.45, 2.75) is 148 Å². The summed E-state index contributed by atoms with van der Waals surface area (Å²) >= 11 is 38.9. The zero-order valence-electron chi connectivity index (χ0n) is 66.3. The number of ether oxygens (including phenoxy) is 6. The summed E-state index contributed by atoms with van der Waals surface area (Å²) in [6.45, 7) is 7.67. The van der Waals surface area contributed by atoms with Gasteiger partial charge in [0.25, 0.3) is 0 Å². The second-order valence-electron chi connectivity index (χ2n) is 30.0. The Kier molecular flexibility index (Phi) is 38.8. The standard InChI is InChI=1S/C83H111Cl6N9O15S3/c1-96-53-73(70-47-62(84)50-79(87)76(70)56-96)59-14-8-21-67(44-59)114(102,103)93-29-35-111-40-38-108-32-11-19-65(99)17-4-6-24-83(90,25-7-5-18-66(100)20-12-33-109-39-41-112-36-30-94-115(104,105)68-22-9-15-60(45-68)74-54-97(2)57-77-71(74)48-63(85)51-80(77)88)26-13-27-91-82(101)92-28-34-110-42-43-113-37-31-95-116(106,107)69-23-10-16-61(46-69)75-55-98(3)58-78-72(75)49-64(86)52-81(78)89/h8-10,14-16,21-23,44-52,73-75,93-95H,4-7,11-13,17-20,24-43,53-58,90H2,1-3H3,(H2,91,92,101)/t73-,74-,75-/m0/s1. The third-order valence-corrected chi connectivity index (χ3v) is 26.9. The van der Waals surface area contributed by atoms with Gasteiger partial charge in [-0.05, 0) is 195 Å². The number of nitrogens with zero attached hydrogens (tertiary/aromatic N) is 3. The van der Waals surface area contributed by atoms with E-state index in [-0.39, 0.29) is 142 Å². The molecule has 24 nitrogen and oxygen atoms in total. The number of unbranched alkanes of at least 4 members (excludes halogenated alkanes) is 2. The lowest BCUT2D eigenvalue weighted by Crippen LogP contribution is -2.42. The van der Waals surface area contributed by atoms with Gasteiger partial charge in [0.2, 0.25) is 30.1 Å². The minimum absolute atomic E-state index is 0.0496. The fourth-order valence-corrected chi connectivity index (χ4v) is 19.9. The molecule has 0 saturated heterocycles. The Hall–Kier alpha value is -5.00. The fourth-order valence-electron chi connectivity index (χ4n) is 15.0. The zero-order chi connectivity index (χ0) is 83.3. The normalized spacial score (nSPS) is 16.3. The highest BCUT2D eigenvalue weighted by Gasteiger charge is 2.33. The molecule has 2 amide bonds. The van der Waals surface area contributed by atoms with Crippen LogP contribution in [0.5, 0.6) is 0 Å². The highest BCUT2D eigenvalue weighted by atomic mass is 35.5. The van der Waals surface area contributed by atoms with Gasteiger partial charge in [0.05, 0.1) is 80.8 Å². The Balaban J connectivity index is 0.622. The lowest BCUT2D eigenvalue weighted by Gasteiger charge is -2.33. The van der Waals surface area contributed by atoms with E-state index < -0.39 is 35.6 Å². The van der Waals surface area contributed by atoms with Gasteiger partial charge in [0.1, 0.15) is 11.6 Å². The SMILES string of the molecule is CN1Cc2c(Cl)cc(Cl)cc2[C@H](c2cccc(S(=O)(=O)NCCOCCOCCCC(=O)CCCCC(N)(CCCCC(=O)CCCOCCOCCNS(=O)(=O)c3cccc([C@@H]4CN(C)Cc5c(Cl)cc(Cl)cc54)c3)CCCNC(=O)NCCOCCOCCNS(=O)(=O)c3cccc([C@@H]4CN(C)Cc5c(Cl)cc(Cl)cc54)c3)c2)C1. The number of amides is 2. The number of ketones is 2. The van der Waals surface area contributed by atoms with Crippen molar-refractivity contribution in [1.82, 2.24) is 39.5 Å². The second kappa shape index (κ2) is 47.4. The number of hydrogen-bond acceptors (Lipinski definition) is 19. The molecule has 0 fully saturated rings. The number of likely N-dealkylation sites (N-methyl/N-ethyl adjacent to an activating group) is 3. The number of benzene rings is 6. The van der Waals surface area contributed by atoms with Crippen molar-refractivity contribution in [2.24, 2.45) is 5.73 Å². The Bertz CT molecular complexity index is 4130. The molecule has 3 atom stereocenters. The number of carbonyl (C=O) groups excluding carboxylic acids is 3. The summed E-state index contributed by atoms with van der Waals surface area (Å²) in [6.07, 6.45) is 7.84. The summed E-state index contributed by atoms with van der Waals surface area (Å²) in [7, 11) is -5.52. The van der Waals surface area contributed by atoms with Gasteiger partial charge in [-0.25, -0.2) is 44.2 Å². The van der Waals surface area contributed by atoms with Crippen LogP contribution in [0.3, 0.4) is 0 Å². The first-order valence-electron chi connectivity index (χ1n) is 39.7. The van der Waals surface area contributed by atoms with Crippen molar-refractivity contribution >= 4 is 117 Å². The van der Waals surface area contributed by atoms with Crippen molar-refractivity contribution in [3.05, 3.63) is 189 Å². The molecule has 638 valence electrons. The molecule has 0 unspecified atom stereocenters. The number of nitrogens with one attached hydrogen (secondary N) is 5. The van der Waals surface area contributed by atoms with Crippen LogP contribution >= 0.6 is 69.6 Å². The molecule has 3 heterocycles. The van der Waals surface area contributed by atoms with Crippen molar-refractivity contribution in [2.75, 3.05) is 153 Å². The Morgan fingerprint density at radius 1 is 0.388 bits per heavy atom. The van der Waals surface area contributed by atoms with E-state index in [0.717, 1.165) is 50.1 Å². The molecule has 33 heteroatoms. The fraction of sp³-hybridized carbons (Fsp3) is 0.530. The van der Waals surface area contributed by atoms with E-state index in [1.165, 1.54) is 0 Å². The van der Waals surface area contributed by atoms with Gasteiger partial charge < -0.3 is 59.5 Å². The Morgan fingerprint density at radius 3 is 1.03 bits per heavy atom. The quantitative estimate of drug-likeness (QED) is 0.0193. The van der Waals surface area contributed by atoms with Crippen LogP contribution in [-0.4, -0.2) is 216 Å². The molecule has 0 bridgehead atoms. The molecule has 0 aromatic heterocycles. The van der Waals surface area contributed by atoms with Crippen molar-refractivity contribution in [3.8, 4) is 0 Å². The van der Waals surface area contributed by atoms with E-state index in [0.29, 0.717) is 179 Å². The first kappa shape index (κ1) is 94.8. The van der Waals surface area contributed by atoms with Crippen LogP contribution in [0.15, 0.2) is 124 Å².